The van der Waals surface area contributed by atoms with Crippen LogP contribution in [0.3, 0.4) is 0 Å². The Hall–Kier alpha value is -1.44. The summed E-state index contributed by atoms with van der Waals surface area (Å²) < 4.78 is 0. The molecule has 1 N–H and O–H groups in total. The minimum absolute atomic E-state index is 0.00174. The second-order valence-electron chi connectivity index (χ2n) is 7.19. The Bertz CT molecular complexity index is 645. The van der Waals surface area contributed by atoms with E-state index in [1.54, 1.807) is 16.2 Å². The van der Waals surface area contributed by atoms with Crippen LogP contribution in [-0.2, 0) is 22.7 Å². The van der Waals surface area contributed by atoms with Gasteiger partial charge in [0.1, 0.15) is 5.41 Å². The Labute approximate surface area is 146 Å². The topological polar surface area (TPSA) is 64.1 Å². The van der Waals surface area contributed by atoms with E-state index in [1.165, 1.54) is 10.4 Å². The van der Waals surface area contributed by atoms with Crippen LogP contribution in [0.25, 0.3) is 0 Å². The summed E-state index contributed by atoms with van der Waals surface area (Å²) in [5, 5.41) is 11.9. The Morgan fingerprint density at radius 2 is 2.21 bits per heavy atom. The number of carbonyl (C=O) groups is 2. The van der Waals surface area contributed by atoms with Gasteiger partial charge < -0.3 is 14.9 Å². The van der Waals surface area contributed by atoms with Crippen LogP contribution in [0.4, 0.5) is 0 Å². The highest BCUT2D eigenvalue weighted by atomic mass is 32.1. The average molecular weight is 351 g/mol. The van der Waals surface area contributed by atoms with Gasteiger partial charge in [0.2, 0.25) is 5.91 Å². The molecule has 2 atom stereocenters. The molecule has 2 aliphatic rings. The maximum atomic E-state index is 12.5. The molecule has 132 valence electrons. The van der Waals surface area contributed by atoms with Gasteiger partial charge in [0.25, 0.3) is 0 Å². The summed E-state index contributed by atoms with van der Waals surface area (Å²) in [6.07, 6.45) is 0. The third kappa shape index (κ3) is 2.96. The van der Waals surface area contributed by atoms with Gasteiger partial charge in [-0.2, -0.15) is 0 Å². The number of likely N-dealkylation sites (tertiary alicyclic amines) is 2. The molecular formula is C17H25N3O3S. The number of hydrogen-bond acceptors (Lipinski definition) is 5. The second kappa shape index (κ2) is 6.46. The van der Waals surface area contributed by atoms with Crippen LogP contribution >= 0.6 is 11.3 Å². The number of hydrogen-bond donors (Lipinski definition) is 1. The molecule has 0 spiro atoms. The summed E-state index contributed by atoms with van der Waals surface area (Å²) >= 11 is 1.71. The van der Waals surface area contributed by atoms with Crippen molar-refractivity contribution < 1.29 is 14.7 Å². The van der Waals surface area contributed by atoms with Gasteiger partial charge in [-0.05, 0) is 38.0 Å². The van der Waals surface area contributed by atoms with Gasteiger partial charge >= 0.3 is 5.97 Å². The van der Waals surface area contributed by atoms with Gasteiger partial charge in [0, 0.05) is 44.1 Å². The third-order valence-corrected chi connectivity index (χ3v) is 6.06. The number of carboxylic acids is 1. The lowest BCUT2D eigenvalue weighted by molar-refractivity contribution is -0.149. The van der Waals surface area contributed by atoms with Crippen LogP contribution < -0.4 is 0 Å². The Morgan fingerprint density at radius 3 is 2.79 bits per heavy atom. The average Bonchev–Trinajstić information content (AvgIpc) is 3.15. The first-order valence-electron chi connectivity index (χ1n) is 8.31. The minimum Gasteiger partial charge on any atom is -0.481 e. The zero-order valence-electron chi connectivity index (χ0n) is 14.5. The summed E-state index contributed by atoms with van der Waals surface area (Å²) in [6, 6.07) is 2.19. The quantitative estimate of drug-likeness (QED) is 0.834. The number of fused-ring (bicyclic) bond motifs is 1. The predicted octanol–water partition coefficient (Wildman–Crippen LogP) is 1.17. The normalized spacial score (nSPS) is 27.2. The molecule has 0 radical (unpaired) electrons. The van der Waals surface area contributed by atoms with Crippen molar-refractivity contribution in [3.05, 3.63) is 21.9 Å². The lowest BCUT2D eigenvalue weighted by Gasteiger charge is -2.24. The number of carbonyl (C=O) groups excluding carboxylic acids is 1. The van der Waals surface area contributed by atoms with Crippen molar-refractivity contribution in [3.8, 4) is 0 Å². The monoisotopic (exact) mass is 351 g/mol. The molecule has 1 aromatic heterocycles. The number of aliphatic carboxylic acids is 1. The molecule has 3 rings (SSSR count). The van der Waals surface area contributed by atoms with E-state index in [-0.39, 0.29) is 5.91 Å². The van der Waals surface area contributed by atoms with Crippen molar-refractivity contribution in [2.24, 2.45) is 11.3 Å². The number of carboxylic acid groups (broad SMARTS) is 1. The van der Waals surface area contributed by atoms with Crippen molar-refractivity contribution in [1.29, 1.82) is 0 Å². The molecule has 0 aromatic carbocycles. The Balaban J connectivity index is 1.71. The molecule has 0 saturated carbocycles. The fourth-order valence-corrected chi connectivity index (χ4v) is 4.89. The summed E-state index contributed by atoms with van der Waals surface area (Å²) in [7, 11) is 4.08. The lowest BCUT2D eigenvalue weighted by atomic mass is 9.81. The van der Waals surface area contributed by atoms with E-state index >= 15 is 0 Å². The fraction of sp³-hybridized carbons (Fsp3) is 0.647. The van der Waals surface area contributed by atoms with Crippen LogP contribution in [0, 0.1) is 11.3 Å². The molecule has 0 unspecified atom stereocenters. The molecule has 7 heteroatoms. The highest BCUT2D eigenvalue weighted by molar-refractivity contribution is 7.10. The molecule has 24 heavy (non-hydrogen) atoms. The van der Waals surface area contributed by atoms with Gasteiger partial charge in [0.15, 0.2) is 0 Å². The first-order chi connectivity index (χ1) is 11.4. The first-order valence-corrected chi connectivity index (χ1v) is 9.19. The zero-order valence-corrected chi connectivity index (χ0v) is 15.3. The van der Waals surface area contributed by atoms with Gasteiger partial charge in [-0.25, -0.2) is 0 Å². The van der Waals surface area contributed by atoms with E-state index in [2.05, 4.69) is 21.2 Å². The first kappa shape index (κ1) is 17.4. The molecule has 0 bridgehead atoms. The molecular weight excluding hydrogens is 326 g/mol. The largest absolute Gasteiger partial charge is 0.481 e. The predicted molar refractivity (Wildman–Crippen MR) is 92.8 cm³/mol. The van der Waals surface area contributed by atoms with E-state index < -0.39 is 17.3 Å². The van der Waals surface area contributed by atoms with Crippen LogP contribution in [0.1, 0.15) is 17.4 Å². The van der Waals surface area contributed by atoms with E-state index in [0.717, 1.165) is 13.1 Å². The van der Waals surface area contributed by atoms with Gasteiger partial charge in [-0.3, -0.25) is 14.5 Å². The number of rotatable bonds is 6. The highest BCUT2D eigenvalue weighted by Gasteiger charge is 2.61. The van der Waals surface area contributed by atoms with Crippen molar-refractivity contribution >= 4 is 23.2 Å². The molecule has 3 heterocycles. The van der Waals surface area contributed by atoms with Crippen molar-refractivity contribution in [2.45, 2.75) is 20.0 Å². The SMILES string of the molecule is CCN1C[C@@]2(C(=O)O)CN(Cc3cc(CN(C)C)cs3)C[C@H]2C1=O. The molecule has 2 saturated heterocycles. The van der Waals surface area contributed by atoms with Crippen LogP contribution in [0.5, 0.6) is 0 Å². The van der Waals surface area contributed by atoms with Crippen LogP contribution in [0.15, 0.2) is 11.4 Å². The molecule has 2 fully saturated rings. The lowest BCUT2D eigenvalue weighted by Crippen LogP contribution is -2.40. The Kier molecular flexibility index (Phi) is 4.68. The third-order valence-electron chi connectivity index (χ3n) is 5.09. The number of nitrogens with zero attached hydrogens (tertiary/aromatic N) is 3. The number of amides is 1. The molecule has 6 nitrogen and oxygen atoms in total. The van der Waals surface area contributed by atoms with Gasteiger partial charge in [-0.1, -0.05) is 0 Å². The highest BCUT2D eigenvalue weighted by Crippen LogP contribution is 2.44. The van der Waals surface area contributed by atoms with Gasteiger partial charge in [0.05, 0.1) is 5.92 Å². The van der Waals surface area contributed by atoms with E-state index in [0.29, 0.717) is 26.2 Å². The summed E-state index contributed by atoms with van der Waals surface area (Å²) in [4.78, 5) is 31.6. The molecule has 1 amide bonds. The van der Waals surface area contributed by atoms with Crippen molar-refractivity contribution in [3.63, 3.8) is 0 Å². The number of thiophene rings is 1. The van der Waals surface area contributed by atoms with E-state index in [1.807, 2.05) is 21.0 Å². The maximum Gasteiger partial charge on any atom is 0.313 e. The van der Waals surface area contributed by atoms with Crippen molar-refractivity contribution in [1.82, 2.24) is 14.7 Å². The zero-order chi connectivity index (χ0) is 17.5. The van der Waals surface area contributed by atoms with Crippen molar-refractivity contribution in [2.75, 3.05) is 40.3 Å². The smallest absolute Gasteiger partial charge is 0.313 e. The van der Waals surface area contributed by atoms with E-state index in [4.69, 9.17) is 0 Å². The molecule has 0 aliphatic carbocycles. The summed E-state index contributed by atoms with van der Waals surface area (Å²) in [5.74, 6) is -1.24. The standard InChI is InChI=1S/C17H25N3O3S/c1-4-20-11-17(16(22)23)10-19(8-14(17)15(20)21)7-13-5-12(9-24-13)6-18(2)3/h5,9,14H,4,6-8,10-11H2,1-3H3,(H,22,23)/t14-,17-/m0/s1. The van der Waals surface area contributed by atoms with Crippen LogP contribution in [0.2, 0.25) is 0 Å². The van der Waals surface area contributed by atoms with Gasteiger partial charge in [-0.15, -0.1) is 11.3 Å². The Morgan fingerprint density at radius 1 is 1.46 bits per heavy atom. The second-order valence-corrected chi connectivity index (χ2v) is 8.19. The molecule has 1 aromatic rings. The molecule has 2 aliphatic heterocycles. The van der Waals surface area contributed by atoms with E-state index in [9.17, 15) is 14.7 Å². The summed E-state index contributed by atoms with van der Waals surface area (Å²) in [5.41, 5.74) is 0.345. The minimum atomic E-state index is -0.934. The fourth-order valence-electron chi connectivity index (χ4n) is 3.97. The maximum absolute atomic E-state index is 12.5. The van der Waals surface area contributed by atoms with Crippen LogP contribution in [-0.4, -0.2) is 72.0 Å². The summed E-state index contributed by atoms with van der Waals surface area (Å²) in [6.45, 7) is 5.46.